The van der Waals surface area contributed by atoms with Crippen LogP contribution in [0.1, 0.15) is 56.1 Å². The van der Waals surface area contributed by atoms with Crippen LogP contribution < -0.4 is 14.6 Å². The number of ether oxygens (including phenoxy) is 1. The summed E-state index contributed by atoms with van der Waals surface area (Å²) in [5, 5.41) is 2.77. The van der Waals surface area contributed by atoms with Gasteiger partial charge >= 0.3 is 6.09 Å². The average molecular weight is 406 g/mol. The maximum atomic E-state index is 12.5. The highest BCUT2D eigenvalue weighted by Gasteiger charge is 2.54. The molecule has 1 aromatic carbocycles. The van der Waals surface area contributed by atoms with Gasteiger partial charge < -0.3 is 4.74 Å². The molecule has 1 N–H and O–H groups in total. The Balaban J connectivity index is 1.30. The van der Waals surface area contributed by atoms with Gasteiger partial charge in [0.1, 0.15) is 18.6 Å². The number of pyridine rings is 1. The molecule has 1 amide bonds. The van der Waals surface area contributed by atoms with Crippen LogP contribution in [0.5, 0.6) is 5.75 Å². The molecule has 5 nitrogen and oxygen atoms in total. The zero-order valence-corrected chi connectivity index (χ0v) is 17.7. The summed E-state index contributed by atoms with van der Waals surface area (Å²) in [4.78, 5) is 24.8. The number of rotatable bonds is 2. The van der Waals surface area contributed by atoms with E-state index in [0.29, 0.717) is 35.0 Å². The average Bonchev–Trinajstić information content (AvgIpc) is 3.04. The van der Waals surface area contributed by atoms with Gasteiger partial charge in [-0.1, -0.05) is 13.0 Å². The molecule has 0 radical (unpaired) electrons. The lowest BCUT2D eigenvalue weighted by Gasteiger charge is -2.48. The fourth-order valence-electron chi connectivity index (χ4n) is 6.23. The Hall–Kier alpha value is -2.69. The number of anilines is 1. The zero-order valence-electron chi connectivity index (χ0n) is 17.7. The van der Waals surface area contributed by atoms with E-state index < -0.39 is 6.09 Å². The topological polar surface area (TPSA) is 59.3 Å². The number of benzene rings is 1. The molecule has 5 rings (SSSR count). The fourth-order valence-corrected chi connectivity index (χ4v) is 6.23. The van der Waals surface area contributed by atoms with E-state index in [1.54, 1.807) is 0 Å². The molecule has 5 heteroatoms. The van der Waals surface area contributed by atoms with Gasteiger partial charge in [0, 0.05) is 24.0 Å². The number of hydrogen-bond donors (Lipinski definition) is 1. The number of aromatic nitrogens is 1. The van der Waals surface area contributed by atoms with E-state index >= 15 is 0 Å². The lowest BCUT2D eigenvalue weighted by Crippen LogP contribution is -2.42. The second-order valence-corrected chi connectivity index (χ2v) is 9.46. The Morgan fingerprint density at radius 2 is 1.93 bits per heavy atom. The maximum Gasteiger partial charge on any atom is 0.417 e. The molecular formula is C25H29N2O3+. The second kappa shape index (κ2) is 7.22. The number of carbonyl (C=O) groups excluding carboxylic acids is 2. The summed E-state index contributed by atoms with van der Waals surface area (Å²) in [5.41, 5.74) is 3.31. The number of Topliss-reactive ketones (excluding diaryl/α,β-unsaturated/α-hetero) is 1. The lowest BCUT2D eigenvalue weighted by molar-refractivity contribution is -0.671. The van der Waals surface area contributed by atoms with Crippen LogP contribution in [0.25, 0.3) is 0 Å². The molecule has 1 aromatic heterocycles. The summed E-state index contributed by atoms with van der Waals surface area (Å²) in [6, 6.07) is 9.76. The van der Waals surface area contributed by atoms with Crippen molar-refractivity contribution in [2.24, 2.45) is 24.3 Å². The summed E-state index contributed by atoms with van der Waals surface area (Å²) in [6.07, 6.45) is 9.30. The van der Waals surface area contributed by atoms with Crippen molar-refractivity contribution >= 4 is 17.6 Å². The minimum Gasteiger partial charge on any atom is -0.410 e. The van der Waals surface area contributed by atoms with E-state index in [0.717, 1.165) is 38.5 Å². The molecule has 2 saturated carbocycles. The fraction of sp³-hybridized carbons (Fsp3) is 0.480. The SMILES string of the molecule is C[n+]1ccc(NC(=O)Oc2ccc3c(c2)CC[C@@H]2[C@@H]3CC[C@]3(C)C(=O)CC[C@@H]23)cc1. The summed E-state index contributed by atoms with van der Waals surface area (Å²) >= 11 is 0. The number of amides is 1. The van der Waals surface area contributed by atoms with Crippen LogP contribution in [-0.4, -0.2) is 11.9 Å². The van der Waals surface area contributed by atoms with Gasteiger partial charge in [-0.25, -0.2) is 9.36 Å². The molecule has 0 aliphatic heterocycles. The highest BCUT2D eigenvalue weighted by molar-refractivity contribution is 5.87. The number of fused-ring (bicyclic) bond motifs is 5. The van der Waals surface area contributed by atoms with Gasteiger partial charge in [0.25, 0.3) is 0 Å². The largest absolute Gasteiger partial charge is 0.417 e. The van der Waals surface area contributed by atoms with Crippen molar-refractivity contribution in [3.05, 3.63) is 53.9 Å². The van der Waals surface area contributed by atoms with Gasteiger partial charge in [0.05, 0.1) is 5.69 Å². The van der Waals surface area contributed by atoms with Gasteiger partial charge in [-0.05, 0) is 73.1 Å². The molecule has 2 fully saturated rings. The smallest absolute Gasteiger partial charge is 0.410 e. The summed E-state index contributed by atoms with van der Waals surface area (Å²) in [6.45, 7) is 2.21. The van der Waals surface area contributed by atoms with E-state index in [9.17, 15) is 9.59 Å². The third-order valence-electron chi connectivity index (χ3n) is 7.84. The molecule has 30 heavy (non-hydrogen) atoms. The minimum absolute atomic E-state index is 0.0890. The Morgan fingerprint density at radius 1 is 1.13 bits per heavy atom. The van der Waals surface area contributed by atoms with E-state index in [1.807, 2.05) is 48.3 Å². The Bertz CT molecular complexity index is 1000. The van der Waals surface area contributed by atoms with Crippen LogP contribution in [0.15, 0.2) is 42.7 Å². The second-order valence-electron chi connectivity index (χ2n) is 9.46. The molecule has 0 spiro atoms. The number of aryl methyl sites for hydroxylation is 2. The number of nitrogens with zero attached hydrogens (tertiary/aromatic N) is 1. The van der Waals surface area contributed by atoms with E-state index in [4.69, 9.17) is 4.74 Å². The normalized spacial score (nSPS) is 29.5. The van der Waals surface area contributed by atoms with Crippen LogP contribution in [0, 0.1) is 17.3 Å². The summed E-state index contributed by atoms with van der Waals surface area (Å²) in [5.74, 6) is 2.75. The van der Waals surface area contributed by atoms with Gasteiger partial charge in [0.2, 0.25) is 0 Å². The highest BCUT2D eigenvalue weighted by atomic mass is 16.6. The standard InChI is InChI=1S/C25H28N2O3/c1-25-12-9-20-19-6-4-18(30-24(29)26-17-10-13-27(2)14-11-17)15-16(19)3-5-21(20)22(25)7-8-23(25)28/h4,6,10-11,13-15,20-22H,3,5,7-9,12H2,1-2H3/p+1/t20-,21-,22+,25+/m1/s1. The van der Waals surface area contributed by atoms with Crippen molar-refractivity contribution in [1.29, 1.82) is 0 Å². The molecule has 3 aliphatic rings. The monoisotopic (exact) mass is 405 g/mol. The van der Waals surface area contributed by atoms with Gasteiger partial charge in [-0.2, -0.15) is 0 Å². The van der Waals surface area contributed by atoms with Crippen molar-refractivity contribution in [2.45, 2.75) is 51.4 Å². The molecule has 0 unspecified atom stereocenters. The third-order valence-corrected chi connectivity index (χ3v) is 7.84. The highest BCUT2D eigenvalue weighted by Crippen LogP contribution is 2.59. The first-order valence-electron chi connectivity index (χ1n) is 11.0. The lowest BCUT2D eigenvalue weighted by atomic mass is 9.55. The molecule has 1 heterocycles. The van der Waals surface area contributed by atoms with Crippen molar-refractivity contribution < 1.29 is 18.9 Å². The molecule has 2 aromatic rings. The van der Waals surface area contributed by atoms with Crippen LogP contribution in [0.2, 0.25) is 0 Å². The molecule has 3 aliphatic carbocycles. The van der Waals surface area contributed by atoms with E-state index in [-0.39, 0.29) is 5.41 Å². The van der Waals surface area contributed by atoms with Crippen molar-refractivity contribution in [1.82, 2.24) is 0 Å². The first-order chi connectivity index (χ1) is 14.4. The van der Waals surface area contributed by atoms with Crippen LogP contribution in [0.4, 0.5) is 10.5 Å². The number of carbonyl (C=O) groups is 2. The molecule has 0 saturated heterocycles. The number of ketones is 1. The number of hydrogen-bond acceptors (Lipinski definition) is 3. The van der Waals surface area contributed by atoms with Crippen molar-refractivity contribution in [3.8, 4) is 5.75 Å². The van der Waals surface area contributed by atoms with Crippen LogP contribution >= 0.6 is 0 Å². The first-order valence-corrected chi connectivity index (χ1v) is 11.0. The first kappa shape index (κ1) is 19.3. The Labute approximate surface area is 177 Å². The molecule has 4 atom stereocenters. The summed E-state index contributed by atoms with van der Waals surface area (Å²) < 4.78 is 7.45. The van der Waals surface area contributed by atoms with E-state index in [2.05, 4.69) is 18.3 Å². The predicted molar refractivity (Wildman–Crippen MR) is 113 cm³/mol. The minimum atomic E-state index is -0.476. The quantitative estimate of drug-likeness (QED) is 0.746. The van der Waals surface area contributed by atoms with Crippen LogP contribution in [0.3, 0.4) is 0 Å². The van der Waals surface area contributed by atoms with Crippen LogP contribution in [-0.2, 0) is 18.3 Å². The van der Waals surface area contributed by atoms with E-state index in [1.165, 1.54) is 11.1 Å². The van der Waals surface area contributed by atoms with Gasteiger partial charge in [-0.15, -0.1) is 0 Å². The van der Waals surface area contributed by atoms with Crippen molar-refractivity contribution in [3.63, 3.8) is 0 Å². The molecule has 156 valence electrons. The molecule has 0 bridgehead atoms. The zero-order chi connectivity index (χ0) is 20.9. The maximum absolute atomic E-state index is 12.5. The van der Waals surface area contributed by atoms with Crippen molar-refractivity contribution in [2.75, 3.05) is 5.32 Å². The molecular weight excluding hydrogens is 376 g/mol. The Morgan fingerprint density at radius 3 is 2.73 bits per heavy atom. The predicted octanol–water partition coefficient (Wildman–Crippen LogP) is 4.55. The number of nitrogens with one attached hydrogen (secondary N) is 1. The summed E-state index contributed by atoms with van der Waals surface area (Å²) in [7, 11) is 1.93. The van der Waals surface area contributed by atoms with Gasteiger partial charge in [0.15, 0.2) is 12.4 Å². The Kier molecular flexibility index (Phi) is 4.64. The van der Waals surface area contributed by atoms with Gasteiger partial charge in [-0.3, -0.25) is 10.1 Å². The third kappa shape index (κ3) is 3.21.